The van der Waals surface area contributed by atoms with Crippen LogP contribution >= 0.6 is 0 Å². The van der Waals surface area contributed by atoms with Crippen molar-refractivity contribution in [2.45, 2.75) is 12.8 Å². The number of hydrogen-bond acceptors (Lipinski definition) is 3. The number of para-hydroxylation sites is 2. The van der Waals surface area contributed by atoms with E-state index >= 15 is 0 Å². The Balaban J connectivity index is 0.967. The van der Waals surface area contributed by atoms with E-state index < -0.39 is 0 Å². The number of fused-ring (bicyclic) bond motifs is 8. The lowest BCUT2D eigenvalue weighted by Crippen LogP contribution is -2.00. The van der Waals surface area contributed by atoms with Crippen molar-refractivity contribution in [1.29, 1.82) is 0 Å². The van der Waals surface area contributed by atoms with E-state index in [1.54, 1.807) is 0 Å². The van der Waals surface area contributed by atoms with Gasteiger partial charge in [0, 0.05) is 55.3 Å². The molecule has 6 nitrogen and oxygen atoms in total. The van der Waals surface area contributed by atoms with Crippen LogP contribution in [0.15, 0.2) is 188 Å². The molecule has 11 aromatic rings. The molecule has 0 spiro atoms. The Morgan fingerprint density at radius 3 is 1.85 bits per heavy atom. The van der Waals surface area contributed by atoms with E-state index in [0.717, 1.165) is 68.9 Å². The third kappa shape index (κ3) is 5.37. The summed E-state index contributed by atoms with van der Waals surface area (Å²) in [6.07, 6.45) is 8.62. The molecule has 6 heteroatoms. The molecule has 0 saturated carbocycles. The fourth-order valence-corrected chi connectivity index (χ4v) is 9.10. The molecule has 278 valence electrons. The SMILES string of the molecule is C1=Cc2c(c3cc(-n4ncc5c4ccc4c6ccccc6n(-c6ccccc6)c45)ccc3n2-c2ccc(-c3cc(-c4ccccc4)nc(-c4ccccc4)n3)cc2)CC1. The van der Waals surface area contributed by atoms with Crippen molar-refractivity contribution in [3.05, 3.63) is 199 Å². The molecule has 59 heavy (non-hydrogen) atoms. The summed E-state index contributed by atoms with van der Waals surface area (Å²) in [6, 6.07) is 62.1. The highest BCUT2D eigenvalue weighted by Gasteiger charge is 2.22. The van der Waals surface area contributed by atoms with E-state index in [1.165, 1.54) is 44.0 Å². The summed E-state index contributed by atoms with van der Waals surface area (Å²) in [5, 5.41) is 9.91. The summed E-state index contributed by atoms with van der Waals surface area (Å²) in [7, 11) is 0. The Morgan fingerprint density at radius 1 is 0.441 bits per heavy atom. The van der Waals surface area contributed by atoms with Crippen LogP contribution in [-0.4, -0.2) is 28.9 Å². The van der Waals surface area contributed by atoms with Gasteiger partial charge in [-0.3, -0.25) is 0 Å². The van der Waals surface area contributed by atoms with Crippen LogP contribution < -0.4 is 0 Å². The highest BCUT2D eigenvalue weighted by molar-refractivity contribution is 6.18. The van der Waals surface area contributed by atoms with Crippen molar-refractivity contribution in [3.63, 3.8) is 0 Å². The molecule has 0 N–H and O–H groups in total. The van der Waals surface area contributed by atoms with Crippen molar-refractivity contribution in [1.82, 2.24) is 28.9 Å². The molecule has 0 radical (unpaired) electrons. The molecule has 0 amide bonds. The first-order valence-corrected chi connectivity index (χ1v) is 20.2. The number of nitrogens with zero attached hydrogens (tertiary/aromatic N) is 6. The maximum atomic E-state index is 5.08. The topological polar surface area (TPSA) is 53.5 Å². The van der Waals surface area contributed by atoms with E-state index in [1.807, 2.05) is 30.5 Å². The largest absolute Gasteiger partial charge is 0.310 e. The third-order valence-electron chi connectivity index (χ3n) is 11.8. The van der Waals surface area contributed by atoms with Gasteiger partial charge in [-0.15, -0.1) is 0 Å². The zero-order valence-corrected chi connectivity index (χ0v) is 32.1. The zero-order chi connectivity index (χ0) is 38.9. The lowest BCUT2D eigenvalue weighted by atomic mass is 10.0. The number of benzene rings is 7. The Kier molecular flexibility index (Phi) is 7.56. The van der Waals surface area contributed by atoms with Crippen LogP contribution in [-0.2, 0) is 6.42 Å². The van der Waals surface area contributed by atoms with E-state index in [4.69, 9.17) is 15.1 Å². The maximum absolute atomic E-state index is 5.08. The number of rotatable bonds is 6. The van der Waals surface area contributed by atoms with E-state index in [-0.39, 0.29) is 0 Å². The van der Waals surface area contributed by atoms with Gasteiger partial charge in [0.2, 0.25) is 0 Å². The molecule has 7 aromatic carbocycles. The molecular weight excluding hydrogens is 721 g/mol. The molecule has 0 fully saturated rings. The van der Waals surface area contributed by atoms with E-state index in [9.17, 15) is 0 Å². The fraction of sp³-hybridized carbons (Fsp3) is 0.0377. The third-order valence-corrected chi connectivity index (χ3v) is 11.8. The minimum atomic E-state index is 0.713. The van der Waals surface area contributed by atoms with Crippen molar-refractivity contribution in [3.8, 4) is 51.0 Å². The van der Waals surface area contributed by atoms with Gasteiger partial charge in [0.1, 0.15) is 0 Å². The molecule has 4 heterocycles. The Hall–Kier alpha value is -7.83. The summed E-state index contributed by atoms with van der Waals surface area (Å²) in [5.74, 6) is 0.713. The molecule has 4 aromatic heterocycles. The highest BCUT2D eigenvalue weighted by atomic mass is 15.3. The zero-order valence-electron chi connectivity index (χ0n) is 32.1. The van der Waals surface area contributed by atoms with Gasteiger partial charge in [-0.1, -0.05) is 115 Å². The quantitative estimate of drug-likeness (QED) is 0.170. The van der Waals surface area contributed by atoms with Gasteiger partial charge in [0.25, 0.3) is 0 Å². The first-order chi connectivity index (χ1) is 29.3. The summed E-state index contributed by atoms with van der Waals surface area (Å²) in [5.41, 5.74) is 15.4. The van der Waals surface area contributed by atoms with Gasteiger partial charge in [-0.25, -0.2) is 14.6 Å². The molecule has 1 aliphatic carbocycles. The second kappa shape index (κ2) is 13.4. The molecule has 0 unspecified atom stereocenters. The molecule has 0 aliphatic heterocycles. The lowest BCUT2D eigenvalue weighted by Gasteiger charge is -2.13. The second-order valence-corrected chi connectivity index (χ2v) is 15.2. The number of aryl methyl sites for hydroxylation is 1. The van der Waals surface area contributed by atoms with Crippen LogP contribution in [0.1, 0.15) is 17.7 Å². The van der Waals surface area contributed by atoms with Crippen molar-refractivity contribution >= 4 is 49.7 Å². The van der Waals surface area contributed by atoms with Crippen molar-refractivity contribution in [2.75, 3.05) is 0 Å². The lowest BCUT2D eigenvalue weighted by molar-refractivity contribution is 0.912. The summed E-state index contributed by atoms with van der Waals surface area (Å²) >= 11 is 0. The first kappa shape index (κ1) is 33.3. The van der Waals surface area contributed by atoms with Crippen LogP contribution in [0.4, 0.5) is 0 Å². The average Bonchev–Trinajstić information content (AvgIpc) is 4.00. The Bertz CT molecular complexity index is 3350. The van der Waals surface area contributed by atoms with Crippen LogP contribution in [0.2, 0.25) is 0 Å². The molecule has 0 saturated heterocycles. The predicted molar refractivity (Wildman–Crippen MR) is 241 cm³/mol. The van der Waals surface area contributed by atoms with E-state index in [2.05, 4.69) is 178 Å². The number of hydrogen-bond donors (Lipinski definition) is 0. The molecule has 0 atom stereocenters. The average molecular weight is 757 g/mol. The van der Waals surface area contributed by atoms with Gasteiger partial charge >= 0.3 is 0 Å². The molecule has 0 bridgehead atoms. The maximum Gasteiger partial charge on any atom is 0.160 e. The van der Waals surface area contributed by atoms with Crippen LogP contribution in [0.25, 0.3) is 101 Å². The molecular formula is C53H36N6. The van der Waals surface area contributed by atoms with Crippen LogP contribution in [0.5, 0.6) is 0 Å². The number of aromatic nitrogens is 6. The van der Waals surface area contributed by atoms with Gasteiger partial charge in [0.05, 0.1) is 45.3 Å². The van der Waals surface area contributed by atoms with Crippen molar-refractivity contribution < 1.29 is 0 Å². The monoisotopic (exact) mass is 756 g/mol. The summed E-state index contributed by atoms with van der Waals surface area (Å²) in [4.78, 5) is 10.1. The predicted octanol–water partition coefficient (Wildman–Crippen LogP) is 12.8. The minimum Gasteiger partial charge on any atom is -0.310 e. The van der Waals surface area contributed by atoms with Crippen LogP contribution in [0, 0.1) is 0 Å². The molecule has 1 aliphatic rings. The van der Waals surface area contributed by atoms with Gasteiger partial charge in [0.15, 0.2) is 5.82 Å². The normalized spacial score (nSPS) is 12.5. The smallest absolute Gasteiger partial charge is 0.160 e. The van der Waals surface area contributed by atoms with Gasteiger partial charge in [-0.2, -0.15) is 5.10 Å². The van der Waals surface area contributed by atoms with Crippen LogP contribution in [0.3, 0.4) is 0 Å². The molecule has 12 rings (SSSR count). The summed E-state index contributed by atoms with van der Waals surface area (Å²) < 4.78 is 6.89. The first-order valence-electron chi connectivity index (χ1n) is 20.2. The summed E-state index contributed by atoms with van der Waals surface area (Å²) in [6.45, 7) is 0. The minimum absolute atomic E-state index is 0.713. The highest BCUT2D eigenvalue weighted by Crippen LogP contribution is 2.39. The Morgan fingerprint density at radius 2 is 1.07 bits per heavy atom. The number of allylic oxidation sites excluding steroid dienone is 1. The fourth-order valence-electron chi connectivity index (χ4n) is 9.10. The van der Waals surface area contributed by atoms with Gasteiger partial charge in [-0.05, 0) is 91.2 Å². The van der Waals surface area contributed by atoms with Crippen molar-refractivity contribution in [2.24, 2.45) is 0 Å². The Labute approximate surface area is 340 Å². The second-order valence-electron chi connectivity index (χ2n) is 15.2. The van der Waals surface area contributed by atoms with E-state index in [0.29, 0.717) is 5.82 Å². The van der Waals surface area contributed by atoms with Gasteiger partial charge < -0.3 is 9.13 Å². The standard InChI is InChI=1S/C53H36N6/c1-4-14-35(15-5-1)46-33-47(56-53(55-46)37-16-6-2-7-17-37)36-24-26-39(27-25-36)57-48-22-12-11-21-42(48)44-32-40(28-30-50(44)57)59-51-31-29-43-41-20-10-13-23-49(41)58(38-18-8-3-9-19-38)52(43)45(51)34-54-59/h1-10,12-20,22-34H,11,21H2.